The SMILES string of the molecule is CC(F)CC(=O)Br. The molecule has 0 spiro atoms. The Bertz CT molecular complexity index is 72.1. The number of halogens is 2. The first-order chi connectivity index (χ1) is 3.13. The maximum absolute atomic E-state index is 11.7. The van der Waals surface area contributed by atoms with Gasteiger partial charge >= 0.3 is 0 Å². The zero-order valence-electron chi connectivity index (χ0n) is 3.95. The van der Waals surface area contributed by atoms with Gasteiger partial charge in [-0.3, -0.25) is 4.79 Å². The molecule has 42 valence electrons. The third kappa shape index (κ3) is 6.08. The van der Waals surface area contributed by atoms with E-state index in [1.54, 1.807) is 0 Å². The van der Waals surface area contributed by atoms with Crippen LogP contribution in [0.2, 0.25) is 0 Å². The summed E-state index contributed by atoms with van der Waals surface area (Å²) in [5.74, 6) is 0. The molecule has 1 unspecified atom stereocenters. The maximum atomic E-state index is 11.7. The highest BCUT2D eigenvalue weighted by Crippen LogP contribution is 1.99. The molecule has 0 fully saturated rings. The Morgan fingerprint density at radius 1 is 2.00 bits per heavy atom. The Morgan fingerprint density at radius 2 is 2.43 bits per heavy atom. The van der Waals surface area contributed by atoms with Gasteiger partial charge in [-0.05, 0) is 22.9 Å². The van der Waals surface area contributed by atoms with Gasteiger partial charge in [0.2, 0.25) is 4.69 Å². The Morgan fingerprint density at radius 3 is 2.43 bits per heavy atom. The van der Waals surface area contributed by atoms with Crippen molar-refractivity contribution in [2.24, 2.45) is 0 Å². The fourth-order valence-electron chi connectivity index (χ4n) is 0.221. The molecule has 0 heterocycles. The molecule has 0 aromatic heterocycles. The third-order valence-electron chi connectivity index (χ3n) is 0.442. The van der Waals surface area contributed by atoms with Gasteiger partial charge in [0.05, 0.1) is 0 Å². The van der Waals surface area contributed by atoms with E-state index >= 15 is 0 Å². The lowest BCUT2D eigenvalue weighted by Gasteiger charge is -1.90. The predicted octanol–water partition coefficient (Wildman–Crippen LogP) is 1.66. The van der Waals surface area contributed by atoms with Crippen molar-refractivity contribution in [1.82, 2.24) is 0 Å². The van der Waals surface area contributed by atoms with Gasteiger partial charge in [0.15, 0.2) is 0 Å². The number of hydrogen-bond donors (Lipinski definition) is 0. The van der Waals surface area contributed by atoms with Crippen LogP contribution in [0.25, 0.3) is 0 Å². The molecule has 0 aliphatic carbocycles. The highest BCUT2D eigenvalue weighted by molar-refractivity contribution is 9.18. The predicted molar refractivity (Wildman–Crippen MR) is 29.1 cm³/mol. The minimum Gasteiger partial charge on any atom is -0.287 e. The molecule has 0 N–H and O–H groups in total. The summed E-state index contributed by atoms with van der Waals surface area (Å²) in [5, 5.41) is 0. The molecule has 0 aromatic carbocycles. The molecule has 0 aromatic rings. The largest absolute Gasteiger partial charge is 0.287 e. The molecular formula is C4H6BrFO. The lowest BCUT2D eigenvalue weighted by molar-refractivity contribution is -0.111. The molecule has 1 atom stereocenters. The molecule has 0 aliphatic heterocycles. The topological polar surface area (TPSA) is 17.1 Å². The van der Waals surface area contributed by atoms with Crippen LogP contribution in [0.1, 0.15) is 13.3 Å². The lowest BCUT2D eigenvalue weighted by atomic mass is 10.3. The Hall–Kier alpha value is 0.0800. The molecule has 0 aliphatic rings. The minimum absolute atomic E-state index is 0.0278. The summed E-state index contributed by atoms with van der Waals surface area (Å²) in [5.41, 5.74) is 0. The van der Waals surface area contributed by atoms with Gasteiger partial charge in [-0.2, -0.15) is 0 Å². The van der Waals surface area contributed by atoms with Crippen molar-refractivity contribution in [2.75, 3.05) is 0 Å². The van der Waals surface area contributed by atoms with E-state index in [1.165, 1.54) is 6.92 Å². The van der Waals surface area contributed by atoms with Gasteiger partial charge in [0, 0.05) is 6.42 Å². The Labute approximate surface area is 50.0 Å². The van der Waals surface area contributed by atoms with Crippen molar-refractivity contribution in [1.29, 1.82) is 0 Å². The van der Waals surface area contributed by atoms with Crippen LogP contribution in [0.3, 0.4) is 0 Å². The van der Waals surface area contributed by atoms with Gasteiger partial charge in [-0.15, -0.1) is 0 Å². The average Bonchev–Trinajstić information content (AvgIpc) is 1.27. The first kappa shape index (κ1) is 7.08. The van der Waals surface area contributed by atoms with E-state index in [0.29, 0.717) is 0 Å². The quantitative estimate of drug-likeness (QED) is 0.574. The molecular weight excluding hydrogens is 163 g/mol. The van der Waals surface area contributed by atoms with E-state index in [1.807, 2.05) is 0 Å². The average molecular weight is 169 g/mol. The van der Waals surface area contributed by atoms with E-state index < -0.39 is 6.17 Å². The standard InChI is InChI=1S/C4H6BrFO/c1-3(6)2-4(5)7/h3H,2H2,1H3. The molecule has 0 saturated heterocycles. The van der Waals surface area contributed by atoms with Crippen LogP contribution in [0.5, 0.6) is 0 Å². The second-order valence-electron chi connectivity index (χ2n) is 1.34. The normalized spacial score (nSPS) is 13.6. The van der Waals surface area contributed by atoms with Gasteiger partial charge in [-0.1, -0.05) is 0 Å². The molecule has 0 radical (unpaired) electrons. The summed E-state index contributed by atoms with van der Waals surface area (Å²) in [6.07, 6.45) is -1.05. The number of carbonyl (C=O) groups excluding carboxylic acids is 1. The molecule has 0 amide bonds. The summed E-state index contributed by atoms with van der Waals surface area (Å²) in [6, 6.07) is 0. The van der Waals surface area contributed by atoms with E-state index in [2.05, 4.69) is 15.9 Å². The fraction of sp³-hybridized carbons (Fsp3) is 0.750. The fourth-order valence-corrected chi connectivity index (χ4v) is 0.667. The first-order valence-electron chi connectivity index (χ1n) is 1.95. The molecule has 0 rings (SSSR count). The van der Waals surface area contributed by atoms with Crippen LogP contribution in [-0.4, -0.2) is 10.9 Å². The second-order valence-corrected chi connectivity index (χ2v) is 2.22. The van der Waals surface area contributed by atoms with Gasteiger partial charge in [0.1, 0.15) is 6.17 Å². The van der Waals surface area contributed by atoms with Crippen molar-refractivity contribution in [2.45, 2.75) is 19.5 Å². The maximum Gasteiger partial charge on any atom is 0.200 e. The number of carbonyl (C=O) groups is 1. The van der Waals surface area contributed by atoms with Crippen LogP contribution < -0.4 is 0 Å². The summed E-state index contributed by atoms with van der Waals surface area (Å²) < 4.78 is 11.4. The molecule has 0 saturated carbocycles. The van der Waals surface area contributed by atoms with Gasteiger partial charge < -0.3 is 0 Å². The summed E-state index contributed by atoms with van der Waals surface area (Å²) in [6.45, 7) is 1.35. The highest BCUT2D eigenvalue weighted by atomic mass is 79.9. The van der Waals surface area contributed by atoms with Crippen molar-refractivity contribution in [3.05, 3.63) is 0 Å². The van der Waals surface area contributed by atoms with Crippen LogP contribution in [-0.2, 0) is 4.79 Å². The van der Waals surface area contributed by atoms with E-state index in [0.717, 1.165) is 0 Å². The second kappa shape index (κ2) is 3.13. The summed E-state index contributed by atoms with van der Waals surface area (Å²) >= 11 is 2.60. The molecule has 7 heavy (non-hydrogen) atoms. The van der Waals surface area contributed by atoms with E-state index in [4.69, 9.17) is 0 Å². The zero-order valence-corrected chi connectivity index (χ0v) is 5.53. The van der Waals surface area contributed by atoms with Gasteiger partial charge in [-0.25, -0.2) is 4.39 Å². The number of hydrogen-bond acceptors (Lipinski definition) is 1. The molecule has 3 heteroatoms. The van der Waals surface area contributed by atoms with Crippen LogP contribution >= 0.6 is 15.9 Å². The molecule has 1 nitrogen and oxygen atoms in total. The van der Waals surface area contributed by atoms with Crippen molar-refractivity contribution < 1.29 is 9.18 Å². The van der Waals surface area contributed by atoms with Crippen molar-refractivity contribution in [3.8, 4) is 0 Å². The van der Waals surface area contributed by atoms with E-state index in [9.17, 15) is 9.18 Å². The van der Waals surface area contributed by atoms with E-state index in [-0.39, 0.29) is 11.1 Å². The summed E-state index contributed by atoms with van der Waals surface area (Å²) in [7, 11) is 0. The minimum atomic E-state index is -1.02. The smallest absolute Gasteiger partial charge is 0.200 e. The van der Waals surface area contributed by atoms with Crippen LogP contribution in [0, 0.1) is 0 Å². The van der Waals surface area contributed by atoms with Crippen molar-refractivity contribution in [3.63, 3.8) is 0 Å². The molecule has 0 bridgehead atoms. The number of rotatable bonds is 2. The summed E-state index contributed by atoms with van der Waals surface area (Å²) in [4.78, 5) is 9.93. The Kier molecular flexibility index (Phi) is 3.17. The van der Waals surface area contributed by atoms with Gasteiger partial charge in [0.25, 0.3) is 0 Å². The monoisotopic (exact) mass is 168 g/mol. The lowest BCUT2D eigenvalue weighted by Crippen LogP contribution is -1.96. The van der Waals surface area contributed by atoms with Crippen molar-refractivity contribution >= 4 is 20.6 Å². The van der Waals surface area contributed by atoms with Crippen LogP contribution in [0.15, 0.2) is 0 Å². The first-order valence-corrected chi connectivity index (χ1v) is 2.74. The number of alkyl halides is 1. The Balaban J connectivity index is 3.13. The highest BCUT2D eigenvalue weighted by Gasteiger charge is 2.01. The third-order valence-corrected chi connectivity index (χ3v) is 0.766. The van der Waals surface area contributed by atoms with Crippen LogP contribution in [0.4, 0.5) is 4.39 Å². The zero-order chi connectivity index (χ0) is 5.86.